The summed E-state index contributed by atoms with van der Waals surface area (Å²) in [4.78, 5) is 11.9. The normalized spacial score (nSPS) is 17.6. The molecule has 1 fully saturated rings. The van der Waals surface area contributed by atoms with Gasteiger partial charge in [0.15, 0.2) is 0 Å². The molecule has 4 nitrogen and oxygen atoms in total. The first kappa shape index (κ1) is 11.3. The molecule has 2 rings (SSSR count). The average molecular weight is 221 g/mol. The van der Waals surface area contributed by atoms with E-state index in [4.69, 9.17) is 0 Å². The lowest BCUT2D eigenvalue weighted by Crippen LogP contribution is -2.32. The predicted molar refractivity (Wildman–Crippen MR) is 62.1 cm³/mol. The molecule has 0 aromatic carbocycles. The quantitative estimate of drug-likeness (QED) is 0.822. The summed E-state index contributed by atoms with van der Waals surface area (Å²) in [6.45, 7) is 1.98. The highest BCUT2D eigenvalue weighted by Gasteiger charge is 2.20. The fourth-order valence-corrected chi connectivity index (χ4v) is 2.25. The van der Waals surface area contributed by atoms with Crippen molar-refractivity contribution in [1.29, 1.82) is 0 Å². The first-order valence-electron chi connectivity index (χ1n) is 5.97. The zero-order valence-corrected chi connectivity index (χ0v) is 9.78. The number of hydrogen-bond donors (Lipinski definition) is 1. The summed E-state index contributed by atoms with van der Waals surface area (Å²) >= 11 is 0. The number of hydrogen-bond acceptors (Lipinski definition) is 3. The van der Waals surface area contributed by atoms with E-state index in [1.807, 2.05) is 17.8 Å². The largest absolute Gasteiger partial charge is 0.317 e. The zero-order valence-electron chi connectivity index (χ0n) is 9.78. The van der Waals surface area contributed by atoms with Crippen LogP contribution in [0, 0.1) is 5.92 Å². The number of carbonyl (C=O) groups excluding carboxylic acids is 1. The van der Waals surface area contributed by atoms with Crippen LogP contribution in [0.5, 0.6) is 0 Å². The second-order valence-corrected chi connectivity index (χ2v) is 4.44. The van der Waals surface area contributed by atoms with Crippen molar-refractivity contribution in [2.45, 2.75) is 25.7 Å². The zero-order chi connectivity index (χ0) is 11.4. The lowest BCUT2D eigenvalue weighted by molar-refractivity contribution is -0.123. The molecule has 1 aliphatic rings. The molecule has 1 saturated heterocycles. The van der Waals surface area contributed by atoms with Crippen molar-refractivity contribution in [2.24, 2.45) is 13.0 Å². The molecule has 2 heterocycles. The van der Waals surface area contributed by atoms with Crippen LogP contribution in [0.4, 0.5) is 0 Å². The van der Waals surface area contributed by atoms with E-state index < -0.39 is 0 Å². The fourth-order valence-electron chi connectivity index (χ4n) is 2.25. The Morgan fingerprint density at radius 3 is 2.94 bits per heavy atom. The minimum atomic E-state index is 0.287. The van der Waals surface area contributed by atoms with Crippen LogP contribution in [0.1, 0.15) is 25.0 Å². The molecule has 1 aliphatic heterocycles. The van der Waals surface area contributed by atoms with Gasteiger partial charge in [-0.1, -0.05) is 0 Å². The maximum Gasteiger partial charge on any atom is 0.136 e. The van der Waals surface area contributed by atoms with E-state index in [0.717, 1.165) is 38.0 Å². The predicted octanol–water partition coefficient (Wildman–Crippen LogP) is 0.921. The monoisotopic (exact) mass is 221 g/mol. The summed E-state index contributed by atoms with van der Waals surface area (Å²) in [5, 5.41) is 7.38. The smallest absolute Gasteiger partial charge is 0.136 e. The van der Waals surface area contributed by atoms with E-state index >= 15 is 0 Å². The van der Waals surface area contributed by atoms with Gasteiger partial charge >= 0.3 is 0 Å². The summed E-state index contributed by atoms with van der Waals surface area (Å²) in [5.74, 6) is 0.706. The topological polar surface area (TPSA) is 46.9 Å². The third-order valence-electron chi connectivity index (χ3n) is 3.34. The Kier molecular flexibility index (Phi) is 3.72. The number of piperidine rings is 1. The summed E-state index contributed by atoms with van der Waals surface area (Å²) in [6, 6.07) is 1.98. The van der Waals surface area contributed by atoms with Gasteiger partial charge in [0.1, 0.15) is 5.78 Å². The van der Waals surface area contributed by atoms with Crippen molar-refractivity contribution >= 4 is 5.78 Å². The van der Waals surface area contributed by atoms with Gasteiger partial charge in [-0.3, -0.25) is 9.48 Å². The maximum absolute atomic E-state index is 11.9. The third-order valence-corrected chi connectivity index (χ3v) is 3.34. The Balaban J connectivity index is 1.81. The highest BCUT2D eigenvalue weighted by molar-refractivity contribution is 5.81. The van der Waals surface area contributed by atoms with Crippen molar-refractivity contribution < 1.29 is 4.79 Å². The molecule has 0 aliphatic carbocycles. The highest BCUT2D eigenvalue weighted by atomic mass is 16.1. The van der Waals surface area contributed by atoms with Crippen LogP contribution in [-0.4, -0.2) is 28.7 Å². The van der Waals surface area contributed by atoms with Gasteiger partial charge in [0.25, 0.3) is 0 Å². The van der Waals surface area contributed by atoms with Gasteiger partial charge in [-0.25, -0.2) is 0 Å². The van der Waals surface area contributed by atoms with E-state index in [0.29, 0.717) is 12.2 Å². The third kappa shape index (κ3) is 2.70. The molecule has 16 heavy (non-hydrogen) atoms. The molecule has 1 aromatic heterocycles. The number of nitrogens with zero attached hydrogens (tertiary/aromatic N) is 2. The molecule has 0 bridgehead atoms. The maximum atomic E-state index is 11.9. The van der Waals surface area contributed by atoms with E-state index in [2.05, 4.69) is 10.4 Å². The Labute approximate surface area is 96.0 Å². The van der Waals surface area contributed by atoms with Gasteiger partial charge in [0.05, 0.1) is 0 Å². The van der Waals surface area contributed by atoms with Crippen molar-refractivity contribution in [1.82, 2.24) is 15.1 Å². The number of carbonyl (C=O) groups is 1. The molecular weight excluding hydrogens is 202 g/mol. The molecule has 0 atom stereocenters. The summed E-state index contributed by atoms with van der Waals surface area (Å²) in [5.41, 5.74) is 1.14. The lowest BCUT2D eigenvalue weighted by Gasteiger charge is -2.21. The van der Waals surface area contributed by atoms with Crippen molar-refractivity contribution in [3.05, 3.63) is 18.0 Å². The van der Waals surface area contributed by atoms with Crippen molar-refractivity contribution in [3.8, 4) is 0 Å². The Morgan fingerprint density at radius 1 is 1.56 bits per heavy atom. The highest BCUT2D eigenvalue weighted by Crippen LogP contribution is 2.15. The van der Waals surface area contributed by atoms with E-state index in [9.17, 15) is 4.79 Å². The fraction of sp³-hybridized carbons (Fsp3) is 0.667. The van der Waals surface area contributed by atoms with Gasteiger partial charge in [-0.2, -0.15) is 5.10 Å². The summed E-state index contributed by atoms with van der Waals surface area (Å²) in [6.07, 6.45) is 5.27. The molecule has 4 heteroatoms. The van der Waals surface area contributed by atoms with E-state index in [1.165, 1.54) is 0 Å². The van der Waals surface area contributed by atoms with Gasteiger partial charge in [0.2, 0.25) is 0 Å². The lowest BCUT2D eigenvalue weighted by atomic mass is 9.91. The number of aromatic nitrogens is 2. The number of nitrogens with one attached hydrogen (secondary N) is 1. The molecule has 0 radical (unpaired) electrons. The number of aryl methyl sites for hydroxylation is 2. The van der Waals surface area contributed by atoms with Crippen molar-refractivity contribution in [3.63, 3.8) is 0 Å². The molecule has 88 valence electrons. The molecule has 1 N–H and O–H groups in total. The second-order valence-electron chi connectivity index (χ2n) is 4.44. The molecule has 1 aromatic rings. The Bertz CT molecular complexity index is 353. The minimum absolute atomic E-state index is 0.287. The Hall–Kier alpha value is -1.16. The van der Waals surface area contributed by atoms with E-state index in [1.54, 1.807) is 6.20 Å². The van der Waals surface area contributed by atoms with Crippen LogP contribution >= 0.6 is 0 Å². The first-order chi connectivity index (χ1) is 7.77. The molecular formula is C12H19N3O. The standard InChI is InChI=1S/C12H19N3O/c1-15-11(6-9-14-15)2-3-12(16)10-4-7-13-8-5-10/h6,9-10,13H,2-5,7-8H2,1H3. The second kappa shape index (κ2) is 5.25. The SMILES string of the molecule is Cn1nccc1CCC(=O)C1CCNCC1. The van der Waals surface area contributed by atoms with Crippen LogP contribution in [0.15, 0.2) is 12.3 Å². The minimum Gasteiger partial charge on any atom is -0.317 e. The van der Waals surface area contributed by atoms with Gasteiger partial charge in [-0.05, 0) is 38.4 Å². The molecule has 0 saturated carbocycles. The number of Topliss-reactive ketones (excluding diaryl/α,β-unsaturated/α-hetero) is 1. The number of rotatable bonds is 4. The molecule has 0 amide bonds. The molecule has 0 spiro atoms. The van der Waals surface area contributed by atoms with Crippen LogP contribution in [0.25, 0.3) is 0 Å². The Morgan fingerprint density at radius 2 is 2.31 bits per heavy atom. The van der Waals surface area contributed by atoms with Crippen LogP contribution in [-0.2, 0) is 18.3 Å². The van der Waals surface area contributed by atoms with Crippen LogP contribution < -0.4 is 5.32 Å². The number of ketones is 1. The van der Waals surface area contributed by atoms with Gasteiger partial charge in [-0.15, -0.1) is 0 Å². The van der Waals surface area contributed by atoms with Crippen LogP contribution in [0.2, 0.25) is 0 Å². The van der Waals surface area contributed by atoms with Crippen LogP contribution in [0.3, 0.4) is 0 Å². The van der Waals surface area contributed by atoms with E-state index in [-0.39, 0.29) is 5.92 Å². The summed E-state index contributed by atoms with van der Waals surface area (Å²) in [7, 11) is 1.92. The van der Waals surface area contributed by atoms with Crippen molar-refractivity contribution in [2.75, 3.05) is 13.1 Å². The molecule has 0 unspecified atom stereocenters. The van der Waals surface area contributed by atoms with Gasteiger partial charge < -0.3 is 5.32 Å². The van der Waals surface area contributed by atoms with Gasteiger partial charge in [0, 0.05) is 31.3 Å². The summed E-state index contributed by atoms with van der Waals surface area (Å²) < 4.78 is 1.84. The first-order valence-corrected chi connectivity index (χ1v) is 5.97. The average Bonchev–Trinajstić information content (AvgIpc) is 2.73.